The van der Waals surface area contributed by atoms with E-state index in [0.29, 0.717) is 0 Å². The minimum Gasteiger partial charge on any atom is -0.427 e. The van der Waals surface area contributed by atoms with Crippen LogP contribution in [0.3, 0.4) is 0 Å². The van der Waals surface area contributed by atoms with Crippen molar-refractivity contribution >= 4 is 7.12 Å². The van der Waals surface area contributed by atoms with Crippen LogP contribution in [-0.4, -0.2) is 26.9 Å². The summed E-state index contributed by atoms with van der Waals surface area (Å²) >= 11 is 0. The first-order chi connectivity index (χ1) is 5.09. The van der Waals surface area contributed by atoms with E-state index in [4.69, 9.17) is 10.0 Å². The topological polar surface area (TPSA) is 58.3 Å². The third-order valence-corrected chi connectivity index (χ3v) is 1.49. The highest BCUT2D eigenvalue weighted by atomic mass is 16.4. The predicted molar refractivity (Wildman–Crippen MR) is 41.8 cm³/mol. The number of aromatic nitrogens is 2. The van der Waals surface area contributed by atoms with Gasteiger partial charge >= 0.3 is 7.12 Å². The van der Waals surface area contributed by atoms with Crippen molar-refractivity contribution in [1.29, 1.82) is 0 Å². The van der Waals surface area contributed by atoms with Gasteiger partial charge in [-0.1, -0.05) is 0 Å². The fourth-order valence-corrected chi connectivity index (χ4v) is 1.04. The summed E-state index contributed by atoms with van der Waals surface area (Å²) in [5.41, 5.74) is 1.72. The molecule has 0 bridgehead atoms. The lowest BCUT2D eigenvalue weighted by Gasteiger charge is -1.98. The summed E-state index contributed by atoms with van der Waals surface area (Å²) in [7, 11) is 0.495. The average molecular weight is 154 g/mol. The van der Waals surface area contributed by atoms with Crippen molar-refractivity contribution in [2.75, 3.05) is 0 Å². The fourth-order valence-electron chi connectivity index (χ4n) is 1.04. The van der Waals surface area contributed by atoms with Crippen LogP contribution in [0.1, 0.15) is 11.4 Å². The molecule has 5 heteroatoms. The van der Waals surface area contributed by atoms with Crippen LogP contribution >= 0.6 is 0 Å². The Morgan fingerprint density at radius 2 is 2.27 bits per heavy atom. The smallest absolute Gasteiger partial charge is 0.427 e. The quantitative estimate of drug-likeness (QED) is 0.552. The number of rotatable bonds is 2. The first-order valence-corrected chi connectivity index (χ1v) is 3.45. The lowest BCUT2D eigenvalue weighted by molar-refractivity contribution is 0.403. The second-order valence-corrected chi connectivity index (χ2v) is 2.59. The Kier molecular flexibility index (Phi) is 2.31. The molecule has 0 aliphatic rings. The van der Waals surface area contributed by atoms with Gasteiger partial charge in [0.25, 0.3) is 0 Å². The van der Waals surface area contributed by atoms with Gasteiger partial charge in [-0.3, -0.25) is 4.68 Å². The van der Waals surface area contributed by atoms with E-state index in [-0.39, 0.29) is 6.32 Å². The summed E-state index contributed by atoms with van der Waals surface area (Å²) < 4.78 is 1.65. The minimum atomic E-state index is -1.29. The summed E-state index contributed by atoms with van der Waals surface area (Å²) in [5, 5.41) is 21.4. The third-order valence-electron chi connectivity index (χ3n) is 1.49. The largest absolute Gasteiger partial charge is 0.457 e. The molecule has 0 fully saturated rings. The lowest BCUT2D eigenvalue weighted by Crippen LogP contribution is -2.17. The van der Waals surface area contributed by atoms with Crippen molar-refractivity contribution in [1.82, 2.24) is 9.78 Å². The highest BCUT2D eigenvalue weighted by Gasteiger charge is 2.11. The van der Waals surface area contributed by atoms with Crippen molar-refractivity contribution in [3.8, 4) is 0 Å². The summed E-state index contributed by atoms with van der Waals surface area (Å²) in [6.07, 6.45) is 0.233. The maximum atomic E-state index is 8.65. The van der Waals surface area contributed by atoms with Gasteiger partial charge < -0.3 is 10.0 Å². The Morgan fingerprint density at radius 3 is 2.64 bits per heavy atom. The SMILES string of the molecule is Cc1cc(CB(O)O)n(C)n1. The van der Waals surface area contributed by atoms with Crippen LogP contribution in [0.25, 0.3) is 0 Å². The highest BCUT2D eigenvalue weighted by Crippen LogP contribution is 2.02. The predicted octanol–water partition coefficient (Wildman–Crippen LogP) is -0.717. The standard InChI is InChI=1S/C6H11BN2O2/c1-5-3-6(4-7(10)11)9(2)8-5/h3,10-11H,4H2,1-2H3. The monoisotopic (exact) mass is 154 g/mol. The molecule has 1 aromatic heterocycles. The zero-order valence-corrected chi connectivity index (χ0v) is 6.65. The van der Waals surface area contributed by atoms with Gasteiger partial charge in [0.05, 0.1) is 5.69 Å². The molecule has 2 N–H and O–H groups in total. The minimum absolute atomic E-state index is 0.233. The van der Waals surface area contributed by atoms with Gasteiger partial charge in [0.2, 0.25) is 0 Å². The zero-order valence-electron chi connectivity index (χ0n) is 6.65. The van der Waals surface area contributed by atoms with E-state index in [1.165, 1.54) is 0 Å². The fraction of sp³-hybridized carbons (Fsp3) is 0.500. The van der Waals surface area contributed by atoms with E-state index >= 15 is 0 Å². The average Bonchev–Trinajstić information content (AvgIpc) is 2.09. The summed E-state index contributed by atoms with van der Waals surface area (Å²) in [6, 6.07) is 1.83. The first-order valence-electron chi connectivity index (χ1n) is 3.45. The number of hydrogen-bond donors (Lipinski definition) is 2. The molecule has 1 aromatic rings. The molecule has 0 saturated heterocycles. The maximum absolute atomic E-state index is 8.65. The van der Waals surface area contributed by atoms with Crippen LogP contribution in [-0.2, 0) is 13.4 Å². The number of nitrogens with zero attached hydrogens (tertiary/aromatic N) is 2. The normalized spacial score (nSPS) is 10.2. The zero-order chi connectivity index (χ0) is 8.43. The third kappa shape index (κ3) is 2.06. The number of aryl methyl sites for hydroxylation is 2. The Morgan fingerprint density at radius 1 is 1.64 bits per heavy atom. The molecule has 0 aromatic carbocycles. The molecule has 1 rings (SSSR count). The molecule has 0 unspecified atom stereocenters. The van der Waals surface area contributed by atoms with Crippen molar-refractivity contribution in [2.45, 2.75) is 13.2 Å². The molecule has 60 valence electrons. The van der Waals surface area contributed by atoms with Gasteiger partial charge in [-0.25, -0.2) is 0 Å². The van der Waals surface area contributed by atoms with Gasteiger partial charge in [-0.2, -0.15) is 5.10 Å². The molecule has 4 nitrogen and oxygen atoms in total. The molecule has 0 atom stereocenters. The van der Waals surface area contributed by atoms with E-state index in [2.05, 4.69) is 5.10 Å². The van der Waals surface area contributed by atoms with Crippen molar-refractivity contribution in [2.24, 2.45) is 7.05 Å². The van der Waals surface area contributed by atoms with E-state index in [1.807, 2.05) is 13.0 Å². The molecule has 11 heavy (non-hydrogen) atoms. The molecule has 1 heterocycles. The Hall–Kier alpha value is -0.805. The van der Waals surface area contributed by atoms with Crippen LogP contribution in [0.15, 0.2) is 6.07 Å². The van der Waals surface area contributed by atoms with Crippen molar-refractivity contribution in [3.63, 3.8) is 0 Å². The van der Waals surface area contributed by atoms with E-state index in [9.17, 15) is 0 Å². The number of hydrogen-bond acceptors (Lipinski definition) is 3. The van der Waals surface area contributed by atoms with Gasteiger partial charge in [-0.05, 0) is 13.0 Å². The molecule has 0 radical (unpaired) electrons. The summed E-state index contributed by atoms with van der Waals surface area (Å²) in [4.78, 5) is 0. The second-order valence-electron chi connectivity index (χ2n) is 2.59. The van der Waals surface area contributed by atoms with E-state index < -0.39 is 7.12 Å². The Bertz CT molecular complexity index is 247. The van der Waals surface area contributed by atoms with Crippen LogP contribution in [0.4, 0.5) is 0 Å². The lowest BCUT2D eigenvalue weighted by atomic mass is 9.84. The summed E-state index contributed by atoms with van der Waals surface area (Å²) in [5.74, 6) is 0. The molecule has 0 spiro atoms. The molecule has 0 amide bonds. The van der Waals surface area contributed by atoms with Crippen LogP contribution in [0, 0.1) is 6.92 Å². The molecule has 0 aliphatic heterocycles. The van der Waals surface area contributed by atoms with E-state index in [0.717, 1.165) is 11.4 Å². The highest BCUT2D eigenvalue weighted by molar-refractivity contribution is 6.40. The first kappa shape index (κ1) is 8.29. The summed E-state index contributed by atoms with van der Waals surface area (Å²) in [6.45, 7) is 1.87. The van der Waals surface area contributed by atoms with Crippen molar-refractivity contribution in [3.05, 3.63) is 17.5 Å². The van der Waals surface area contributed by atoms with Gasteiger partial charge in [0, 0.05) is 19.1 Å². The maximum Gasteiger partial charge on any atom is 0.457 e. The van der Waals surface area contributed by atoms with Gasteiger partial charge in [0.1, 0.15) is 0 Å². The Balaban J connectivity index is 2.77. The molecule has 0 saturated carbocycles. The molecular weight excluding hydrogens is 143 g/mol. The van der Waals surface area contributed by atoms with Crippen LogP contribution in [0.5, 0.6) is 0 Å². The van der Waals surface area contributed by atoms with Crippen LogP contribution < -0.4 is 0 Å². The van der Waals surface area contributed by atoms with Gasteiger partial charge in [-0.15, -0.1) is 0 Å². The van der Waals surface area contributed by atoms with Gasteiger partial charge in [0.15, 0.2) is 0 Å². The Labute approximate surface area is 65.6 Å². The van der Waals surface area contributed by atoms with Crippen molar-refractivity contribution < 1.29 is 10.0 Å². The van der Waals surface area contributed by atoms with E-state index in [1.54, 1.807) is 11.7 Å². The molecule has 0 aliphatic carbocycles. The molecular formula is C6H11BN2O2. The second kappa shape index (κ2) is 3.06. The van der Waals surface area contributed by atoms with Crippen LogP contribution in [0.2, 0.25) is 0 Å².